The minimum Gasteiger partial charge on any atom is -0.468 e. The highest BCUT2D eigenvalue weighted by atomic mass is 35.5. The van der Waals surface area contributed by atoms with Crippen molar-refractivity contribution in [3.8, 4) is 12.3 Å². The lowest BCUT2D eigenvalue weighted by molar-refractivity contribution is -0.143. The zero-order chi connectivity index (χ0) is 12.8. The molecule has 17 heavy (non-hydrogen) atoms. The Morgan fingerprint density at radius 3 is 2.88 bits per heavy atom. The molecule has 0 aliphatic rings. The molecule has 1 atom stereocenters. The van der Waals surface area contributed by atoms with Gasteiger partial charge in [-0.2, -0.15) is 0 Å². The molecule has 1 aromatic carbocycles. The molecule has 1 unspecified atom stereocenters. The number of terminal acetylenes is 1. The second-order valence-electron chi connectivity index (χ2n) is 3.18. The van der Waals surface area contributed by atoms with Gasteiger partial charge in [0.25, 0.3) is 0 Å². The molecule has 0 bridgehead atoms. The summed E-state index contributed by atoms with van der Waals surface area (Å²) in [6, 6.07) is 4.32. The van der Waals surface area contributed by atoms with Gasteiger partial charge in [0.2, 0.25) is 0 Å². The van der Waals surface area contributed by atoms with Crippen molar-refractivity contribution >= 4 is 29.2 Å². The number of carbonyl (C=O) groups excluding carboxylic acids is 1. The minimum atomic E-state index is -0.720. The van der Waals surface area contributed by atoms with E-state index in [2.05, 4.69) is 16.0 Å². The van der Waals surface area contributed by atoms with E-state index in [4.69, 9.17) is 29.6 Å². The van der Waals surface area contributed by atoms with E-state index in [9.17, 15) is 4.79 Å². The van der Waals surface area contributed by atoms with Crippen LogP contribution in [0.4, 0.5) is 0 Å². The molecule has 0 saturated heterocycles. The van der Waals surface area contributed by atoms with Crippen LogP contribution in [0.1, 0.15) is 11.6 Å². The van der Waals surface area contributed by atoms with Crippen LogP contribution in [0, 0.1) is 12.3 Å². The zero-order valence-electron chi connectivity index (χ0n) is 9.17. The third-order valence-corrected chi connectivity index (χ3v) is 2.97. The second kappa shape index (κ2) is 6.51. The van der Waals surface area contributed by atoms with E-state index >= 15 is 0 Å². The van der Waals surface area contributed by atoms with Crippen LogP contribution >= 0.6 is 23.2 Å². The van der Waals surface area contributed by atoms with Crippen LogP contribution in [0.25, 0.3) is 0 Å². The molecule has 1 rings (SSSR count). The smallest absolute Gasteiger partial charge is 0.327 e. The molecular weight excluding hydrogens is 261 g/mol. The van der Waals surface area contributed by atoms with Crippen molar-refractivity contribution in [1.82, 2.24) is 5.32 Å². The number of methoxy groups -OCH3 is 1. The number of hydrogen-bond acceptors (Lipinski definition) is 3. The Kier molecular flexibility index (Phi) is 5.30. The fourth-order valence-corrected chi connectivity index (χ4v) is 1.76. The van der Waals surface area contributed by atoms with Crippen LogP contribution in [0.15, 0.2) is 18.2 Å². The number of ether oxygens (including phenoxy) is 1. The SMILES string of the molecule is C#CCNC(C(=O)OC)c1cccc(Cl)c1Cl. The third kappa shape index (κ3) is 3.37. The number of nitrogens with one attached hydrogen (secondary N) is 1. The van der Waals surface area contributed by atoms with Gasteiger partial charge in [0.15, 0.2) is 0 Å². The molecule has 0 radical (unpaired) electrons. The van der Waals surface area contributed by atoms with E-state index in [1.54, 1.807) is 18.2 Å². The highest BCUT2D eigenvalue weighted by Crippen LogP contribution is 2.30. The predicted molar refractivity (Wildman–Crippen MR) is 68.1 cm³/mol. The lowest BCUT2D eigenvalue weighted by Crippen LogP contribution is -2.30. The van der Waals surface area contributed by atoms with Crippen LogP contribution in [0.2, 0.25) is 10.0 Å². The molecular formula is C12H11Cl2NO2. The maximum atomic E-state index is 11.6. The molecule has 0 aliphatic carbocycles. The number of carbonyl (C=O) groups is 1. The van der Waals surface area contributed by atoms with Gasteiger partial charge >= 0.3 is 5.97 Å². The summed E-state index contributed by atoms with van der Waals surface area (Å²) in [5.41, 5.74) is 0.543. The Labute approximate surface area is 110 Å². The Morgan fingerprint density at radius 2 is 2.29 bits per heavy atom. The average Bonchev–Trinajstić information content (AvgIpc) is 2.34. The number of hydrogen-bond donors (Lipinski definition) is 1. The molecule has 0 fully saturated rings. The zero-order valence-corrected chi connectivity index (χ0v) is 10.7. The first-order valence-electron chi connectivity index (χ1n) is 4.80. The first-order valence-corrected chi connectivity index (χ1v) is 5.56. The van der Waals surface area contributed by atoms with Crippen molar-refractivity contribution in [2.45, 2.75) is 6.04 Å². The summed E-state index contributed by atoms with van der Waals surface area (Å²) in [6.07, 6.45) is 5.14. The van der Waals surface area contributed by atoms with E-state index in [-0.39, 0.29) is 6.54 Å². The lowest BCUT2D eigenvalue weighted by atomic mass is 10.1. The van der Waals surface area contributed by atoms with Gasteiger partial charge in [-0.15, -0.1) is 6.42 Å². The largest absolute Gasteiger partial charge is 0.468 e. The van der Waals surface area contributed by atoms with Gasteiger partial charge in [-0.25, -0.2) is 4.79 Å². The maximum absolute atomic E-state index is 11.6. The van der Waals surface area contributed by atoms with E-state index in [0.29, 0.717) is 15.6 Å². The predicted octanol–water partition coefficient (Wildman–Crippen LogP) is 2.43. The van der Waals surface area contributed by atoms with E-state index in [1.807, 2.05) is 0 Å². The standard InChI is InChI=1S/C12H11Cl2NO2/c1-3-7-15-11(12(16)17-2)8-5-4-6-9(13)10(8)14/h1,4-6,11,15H,7H2,2H3. The van der Waals surface area contributed by atoms with E-state index in [0.717, 1.165) is 0 Å². The minimum absolute atomic E-state index is 0.225. The van der Waals surface area contributed by atoms with Crippen molar-refractivity contribution < 1.29 is 9.53 Å². The Hall–Kier alpha value is -1.21. The van der Waals surface area contributed by atoms with Crippen LogP contribution in [-0.2, 0) is 9.53 Å². The summed E-state index contributed by atoms with van der Waals surface area (Å²) < 4.78 is 4.69. The molecule has 5 heteroatoms. The Bertz CT molecular complexity index is 454. The van der Waals surface area contributed by atoms with E-state index < -0.39 is 12.0 Å². The molecule has 90 valence electrons. The summed E-state index contributed by atoms with van der Waals surface area (Å²) in [5.74, 6) is 1.92. The van der Waals surface area contributed by atoms with Crippen LogP contribution in [0.5, 0.6) is 0 Å². The van der Waals surface area contributed by atoms with Gasteiger partial charge in [0.1, 0.15) is 6.04 Å². The number of halogens is 2. The number of esters is 1. The van der Waals surface area contributed by atoms with Crippen molar-refractivity contribution in [3.63, 3.8) is 0 Å². The Balaban J connectivity index is 3.08. The van der Waals surface area contributed by atoms with Gasteiger partial charge in [0, 0.05) is 5.56 Å². The van der Waals surface area contributed by atoms with Gasteiger partial charge in [-0.3, -0.25) is 5.32 Å². The van der Waals surface area contributed by atoms with Crippen LogP contribution < -0.4 is 5.32 Å². The fraction of sp³-hybridized carbons (Fsp3) is 0.250. The highest BCUT2D eigenvalue weighted by Gasteiger charge is 2.23. The second-order valence-corrected chi connectivity index (χ2v) is 3.97. The van der Waals surface area contributed by atoms with Crippen LogP contribution in [-0.4, -0.2) is 19.6 Å². The molecule has 0 amide bonds. The van der Waals surface area contributed by atoms with Gasteiger partial charge in [0.05, 0.1) is 23.7 Å². The third-order valence-electron chi connectivity index (χ3n) is 2.14. The average molecular weight is 272 g/mol. The molecule has 1 aromatic rings. The summed E-state index contributed by atoms with van der Waals surface area (Å²) in [5, 5.41) is 3.54. The Morgan fingerprint density at radius 1 is 1.59 bits per heavy atom. The van der Waals surface area contributed by atoms with Crippen molar-refractivity contribution in [2.24, 2.45) is 0 Å². The molecule has 0 heterocycles. The molecule has 0 aromatic heterocycles. The lowest BCUT2D eigenvalue weighted by Gasteiger charge is -2.17. The maximum Gasteiger partial charge on any atom is 0.327 e. The molecule has 0 spiro atoms. The summed E-state index contributed by atoms with van der Waals surface area (Å²) in [7, 11) is 1.30. The first kappa shape index (κ1) is 13.9. The number of benzene rings is 1. The van der Waals surface area contributed by atoms with Gasteiger partial charge in [-0.05, 0) is 6.07 Å². The van der Waals surface area contributed by atoms with Crippen molar-refractivity contribution in [1.29, 1.82) is 0 Å². The van der Waals surface area contributed by atoms with Gasteiger partial charge < -0.3 is 4.74 Å². The van der Waals surface area contributed by atoms with Crippen molar-refractivity contribution in [3.05, 3.63) is 33.8 Å². The highest BCUT2D eigenvalue weighted by molar-refractivity contribution is 6.42. The van der Waals surface area contributed by atoms with Gasteiger partial charge in [-0.1, -0.05) is 41.3 Å². The molecule has 0 saturated carbocycles. The monoisotopic (exact) mass is 271 g/mol. The fourth-order valence-electron chi connectivity index (χ4n) is 1.34. The van der Waals surface area contributed by atoms with Crippen molar-refractivity contribution in [2.75, 3.05) is 13.7 Å². The summed E-state index contributed by atoms with van der Waals surface area (Å²) >= 11 is 11.9. The summed E-state index contributed by atoms with van der Waals surface area (Å²) in [6.45, 7) is 0.225. The molecule has 3 nitrogen and oxygen atoms in total. The molecule has 0 aliphatic heterocycles. The summed E-state index contributed by atoms with van der Waals surface area (Å²) in [4.78, 5) is 11.6. The molecule has 1 N–H and O–H groups in total. The van der Waals surface area contributed by atoms with Crippen LogP contribution in [0.3, 0.4) is 0 Å². The first-order chi connectivity index (χ1) is 8.11. The topological polar surface area (TPSA) is 38.3 Å². The normalized spacial score (nSPS) is 11.6. The number of rotatable bonds is 4. The van der Waals surface area contributed by atoms with E-state index in [1.165, 1.54) is 7.11 Å². The quantitative estimate of drug-likeness (QED) is 0.675.